The van der Waals surface area contributed by atoms with Gasteiger partial charge < -0.3 is 10.2 Å². The largest absolute Gasteiger partial charge is 0.342 e. The fourth-order valence-corrected chi connectivity index (χ4v) is 3.15. The molecule has 128 valence electrons. The van der Waals surface area contributed by atoms with E-state index in [0.717, 1.165) is 31.5 Å². The van der Waals surface area contributed by atoms with Crippen LogP contribution in [0.5, 0.6) is 0 Å². The van der Waals surface area contributed by atoms with E-state index in [9.17, 15) is 4.79 Å². The van der Waals surface area contributed by atoms with Crippen molar-refractivity contribution in [2.24, 2.45) is 0 Å². The van der Waals surface area contributed by atoms with Gasteiger partial charge >= 0.3 is 0 Å². The van der Waals surface area contributed by atoms with Crippen LogP contribution in [-0.2, 0) is 11.2 Å². The second-order valence-electron chi connectivity index (χ2n) is 6.18. The number of amides is 1. The second kappa shape index (κ2) is 8.86. The molecule has 1 amide bonds. The summed E-state index contributed by atoms with van der Waals surface area (Å²) in [6, 6.07) is 19.2. The summed E-state index contributed by atoms with van der Waals surface area (Å²) in [5.41, 5.74) is 3.49. The van der Waals surface area contributed by atoms with Gasteiger partial charge in [-0.15, -0.1) is 12.4 Å². The summed E-state index contributed by atoms with van der Waals surface area (Å²) in [6.07, 6.45) is 2.60. The highest BCUT2D eigenvalue weighted by atomic mass is 35.5. The molecule has 2 aromatic rings. The van der Waals surface area contributed by atoms with Crippen molar-refractivity contribution in [3.63, 3.8) is 0 Å². The molecule has 0 unspecified atom stereocenters. The summed E-state index contributed by atoms with van der Waals surface area (Å²) in [5.74, 6) is 0.243. The van der Waals surface area contributed by atoms with Crippen LogP contribution in [0.25, 0.3) is 11.1 Å². The molecule has 0 aromatic heterocycles. The first-order valence-corrected chi connectivity index (χ1v) is 8.35. The Kier molecular flexibility index (Phi) is 6.83. The van der Waals surface area contributed by atoms with E-state index < -0.39 is 0 Å². The summed E-state index contributed by atoms with van der Waals surface area (Å²) in [5, 5.41) is 3.30. The molecule has 24 heavy (non-hydrogen) atoms. The van der Waals surface area contributed by atoms with Gasteiger partial charge in [0.25, 0.3) is 0 Å². The minimum absolute atomic E-state index is 0. The third-order valence-corrected chi connectivity index (χ3v) is 4.67. The molecule has 0 saturated carbocycles. The van der Waals surface area contributed by atoms with E-state index >= 15 is 0 Å². The lowest BCUT2D eigenvalue weighted by Crippen LogP contribution is -2.44. The summed E-state index contributed by atoms with van der Waals surface area (Å²) >= 11 is 0. The number of nitrogens with zero attached hydrogens (tertiary/aromatic N) is 1. The van der Waals surface area contributed by atoms with Crippen LogP contribution >= 0.6 is 12.4 Å². The van der Waals surface area contributed by atoms with E-state index in [1.54, 1.807) is 0 Å². The number of nitrogens with one attached hydrogen (secondary N) is 1. The second-order valence-corrected chi connectivity index (χ2v) is 6.18. The van der Waals surface area contributed by atoms with Crippen LogP contribution < -0.4 is 5.32 Å². The smallest absolute Gasteiger partial charge is 0.226 e. The van der Waals surface area contributed by atoms with Crippen LogP contribution in [0, 0.1) is 0 Å². The van der Waals surface area contributed by atoms with Gasteiger partial charge in [0.15, 0.2) is 0 Å². The van der Waals surface area contributed by atoms with Gasteiger partial charge in [0.1, 0.15) is 0 Å². The van der Waals surface area contributed by atoms with E-state index in [4.69, 9.17) is 0 Å². The molecule has 1 aliphatic heterocycles. The Morgan fingerprint density at radius 3 is 2.17 bits per heavy atom. The molecule has 4 heteroatoms. The Balaban J connectivity index is 0.00000208. The van der Waals surface area contributed by atoms with Crippen LogP contribution in [0.1, 0.15) is 18.4 Å². The normalized spacial score (nSPS) is 15.0. The lowest BCUT2D eigenvalue weighted by molar-refractivity contribution is -0.131. The highest BCUT2D eigenvalue weighted by Crippen LogP contribution is 2.20. The van der Waals surface area contributed by atoms with Crippen molar-refractivity contribution in [3.05, 3.63) is 60.2 Å². The van der Waals surface area contributed by atoms with Crippen molar-refractivity contribution in [2.75, 3.05) is 20.1 Å². The number of hydrogen-bond acceptors (Lipinski definition) is 2. The molecule has 3 nitrogen and oxygen atoms in total. The van der Waals surface area contributed by atoms with Crippen LogP contribution in [0.2, 0.25) is 0 Å². The Labute approximate surface area is 150 Å². The molecule has 1 heterocycles. The number of carbonyl (C=O) groups is 1. The van der Waals surface area contributed by atoms with Crippen molar-refractivity contribution >= 4 is 18.3 Å². The van der Waals surface area contributed by atoms with Gasteiger partial charge in [-0.1, -0.05) is 54.6 Å². The summed E-state index contributed by atoms with van der Waals surface area (Å²) in [7, 11) is 2.00. The minimum atomic E-state index is 0. The van der Waals surface area contributed by atoms with Crippen molar-refractivity contribution in [3.8, 4) is 11.1 Å². The van der Waals surface area contributed by atoms with Crippen molar-refractivity contribution in [1.29, 1.82) is 0 Å². The molecule has 0 atom stereocenters. The van der Waals surface area contributed by atoms with Gasteiger partial charge in [0.2, 0.25) is 5.91 Å². The van der Waals surface area contributed by atoms with E-state index in [1.165, 1.54) is 11.1 Å². The fraction of sp³-hybridized carbons (Fsp3) is 0.350. The number of piperidine rings is 1. The standard InChI is InChI=1S/C20H24N2O.ClH/c1-21-19-11-13-22(14-12-19)20(23)15-16-7-9-18(10-8-16)17-5-3-2-4-6-17;/h2-10,19,21H,11-15H2,1H3;1H. The van der Waals surface area contributed by atoms with Crippen LogP contribution in [0.15, 0.2) is 54.6 Å². The summed E-state index contributed by atoms with van der Waals surface area (Å²) < 4.78 is 0. The van der Waals surface area contributed by atoms with Gasteiger partial charge in [0.05, 0.1) is 6.42 Å². The number of halogens is 1. The fourth-order valence-electron chi connectivity index (χ4n) is 3.15. The number of carbonyl (C=O) groups excluding carboxylic acids is 1. The third kappa shape index (κ3) is 4.59. The van der Waals surface area contributed by atoms with E-state index in [2.05, 4.69) is 41.7 Å². The van der Waals surface area contributed by atoms with Crippen LogP contribution in [0.3, 0.4) is 0 Å². The molecule has 1 saturated heterocycles. The highest BCUT2D eigenvalue weighted by molar-refractivity contribution is 5.85. The van der Waals surface area contributed by atoms with Crippen LogP contribution in [0.4, 0.5) is 0 Å². The molecule has 0 aliphatic carbocycles. The average Bonchev–Trinajstić information content (AvgIpc) is 2.63. The predicted molar refractivity (Wildman–Crippen MR) is 101 cm³/mol. The molecule has 2 aromatic carbocycles. The lowest BCUT2D eigenvalue weighted by Gasteiger charge is -2.31. The first kappa shape index (κ1) is 18.5. The molecule has 0 spiro atoms. The first-order valence-electron chi connectivity index (χ1n) is 8.35. The number of likely N-dealkylation sites (tertiary alicyclic amines) is 1. The van der Waals surface area contributed by atoms with Crippen molar-refractivity contribution in [2.45, 2.75) is 25.3 Å². The van der Waals surface area contributed by atoms with E-state index in [0.29, 0.717) is 12.5 Å². The molecule has 1 fully saturated rings. The quantitative estimate of drug-likeness (QED) is 0.920. The van der Waals surface area contributed by atoms with Crippen LogP contribution in [-0.4, -0.2) is 37.0 Å². The Morgan fingerprint density at radius 1 is 1.00 bits per heavy atom. The third-order valence-electron chi connectivity index (χ3n) is 4.67. The molecular formula is C20H25ClN2O. The summed E-state index contributed by atoms with van der Waals surface area (Å²) in [6.45, 7) is 1.73. The van der Waals surface area contributed by atoms with Gasteiger partial charge in [-0.25, -0.2) is 0 Å². The van der Waals surface area contributed by atoms with Gasteiger partial charge in [0, 0.05) is 19.1 Å². The minimum Gasteiger partial charge on any atom is -0.342 e. The van der Waals surface area contributed by atoms with E-state index in [-0.39, 0.29) is 18.3 Å². The molecule has 0 radical (unpaired) electrons. The molecular weight excluding hydrogens is 320 g/mol. The van der Waals surface area contributed by atoms with Gasteiger partial charge in [-0.3, -0.25) is 4.79 Å². The molecule has 3 rings (SSSR count). The maximum absolute atomic E-state index is 12.4. The maximum atomic E-state index is 12.4. The molecule has 1 aliphatic rings. The Hall–Kier alpha value is -1.84. The zero-order chi connectivity index (χ0) is 16.1. The maximum Gasteiger partial charge on any atom is 0.226 e. The Morgan fingerprint density at radius 2 is 1.58 bits per heavy atom. The number of hydrogen-bond donors (Lipinski definition) is 1. The molecule has 0 bridgehead atoms. The predicted octanol–water partition coefficient (Wildman–Crippen LogP) is 3.53. The zero-order valence-corrected chi connectivity index (χ0v) is 14.9. The number of benzene rings is 2. The van der Waals surface area contributed by atoms with Gasteiger partial charge in [-0.2, -0.15) is 0 Å². The number of rotatable bonds is 4. The van der Waals surface area contributed by atoms with Crippen molar-refractivity contribution < 1.29 is 4.79 Å². The monoisotopic (exact) mass is 344 g/mol. The van der Waals surface area contributed by atoms with Gasteiger partial charge in [-0.05, 0) is 36.6 Å². The summed E-state index contributed by atoms with van der Waals surface area (Å²) in [4.78, 5) is 14.4. The zero-order valence-electron chi connectivity index (χ0n) is 14.1. The average molecular weight is 345 g/mol. The SMILES string of the molecule is CNC1CCN(C(=O)Cc2ccc(-c3ccccc3)cc2)CC1.Cl. The highest BCUT2D eigenvalue weighted by Gasteiger charge is 2.21. The van der Waals surface area contributed by atoms with E-state index in [1.807, 2.05) is 30.1 Å². The van der Waals surface area contributed by atoms with Crippen molar-refractivity contribution in [1.82, 2.24) is 10.2 Å². The Bertz CT molecular complexity index is 634. The topological polar surface area (TPSA) is 32.3 Å². The lowest BCUT2D eigenvalue weighted by atomic mass is 10.0. The first-order chi connectivity index (χ1) is 11.3. The molecule has 1 N–H and O–H groups in total.